The van der Waals surface area contributed by atoms with Gasteiger partial charge in [-0.25, -0.2) is 9.59 Å². The Morgan fingerprint density at radius 2 is 1.95 bits per heavy atom. The Labute approximate surface area is 113 Å². The molecular formula is C10H9NO8S. The summed E-state index contributed by atoms with van der Waals surface area (Å²) in [5.41, 5.74) is -0.0792. The predicted molar refractivity (Wildman–Crippen MR) is 62.4 cm³/mol. The number of fused-ring (bicyclic) bond motifs is 1. The lowest BCUT2D eigenvalue weighted by Gasteiger charge is -2.06. The largest absolute Gasteiger partial charge is 0.454 e. The molecular weight excluding hydrogens is 294 g/mol. The number of carbonyl (C=O) groups is 2. The molecule has 0 unspecified atom stereocenters. The fraction of sp³-hybridized carbons (Fsp3) is 0.200. The van der Waals surface area contributed by atoms with E-state index < -0.39 is 22.4 Å². The molecule has 0 spiro atoms. The van der Waals surface area contributed by atoms with Crippen LogP contribution in [0.25, 0.3) is 0 Å². The molecule has 0 bridgehead atoms. The van der Waals surface area contributed by atoms with Crippen LogP contribution in [0.2, 0.25) is 0 Å². The molecule has 108 valence electrons. The summed E-state index contributed by atoms with van der Waals surface area (Å²) in [6.07, 6.45) is -1.27. The van der Waals surface area contributed by atoms with Crippen LogP contribution in [0.4, 0.5) is 4.79 Å². The number of carbonyl (C=O) groups excluding carboxylic acids is 2. The van der Waals surface area contributed by atoms with E-state index in [9.17, 15) is 18.0 Å². The third-order valence-electron chi connectivity index (χ3n) is 2.19. The van der Waals surface area contributed by atoms with Gasteiger partial charge in [-0.15, -0.1) is 0 Å². The Kier molecular flexibility index (Phi) is 3.66. The first-order chi connectivity index (χ1) is 9.41. The van der Waals surface area contributed by atoms with Crippen molar-refractivity contribution >= 4 is 22.4 Å². The van der Waals surface area contributed by atoms with Gasteiger partial charge < -0.3 is 18.4 Å². The number of hydrogen-bond acceptors (Lipinski definition) is 8. The third-order valence-corrected chi connectivity index (χ3v) is 2.97. The van der Waals surface area contributed by atoms with Crippen molar-refractivity contribution in [1.29, 1.82) is 0 Å². The number of hydrogen-bond donors (Lipinski definition) is 1. The maximum atomic E-state index is 11.6. The summed E-state index contributed by atoms with van der Waals surface area (Å²) in [4.78, 5) is 22.4. The van der Waals surface area contributed by atoms with E-state index in [0.717, 1.165) is 7.11 Å². The van der Waals surface area contributed by atoms with Gasteiger partial charge in [0.25, 0.3) is 0 Å². The number of rotatable bonds is 3. The van der Waals surface area contributed by atoms with E-state index in [2.05, 4.69) is 8.92 Å². The van der Waals surface area contributed by atoms with Crippen molar-refractivity contribution in [1.82, 2.24) is 4.72 Å². The molecule has 0 radical (unpaired) electrons. The molecule has 1 heterocycles. The quantitative estimate of drug-likeness (QED) is 0.839. The van der Waals surface area contributed by atoms with E-state index in [1.165, 1.54) is 22.9 Å². The molecule has 1 aromatic carbocycles. The van der Waals surface area contributed by atoms with Gasteiger partial charge in [0.15, 0.2) is 11.5 Å². The first-order valence-electron chi connectivity index (χ1n) is 5.15. The smallest absolute Gasteiger partial charge is 0.423 e. The fourth-order valence-corrected chi connectivity index (χ4v) is 1.96. The van der Waals surface area contributed by atoms with Crippen molar-refractivity contribution in [2.24, 2.45) is 0 Å². The van der Waals surface area contributed by atoms with Gasteiger partial charge >= 0.3 is 22.4 Å². The lowest BCUT2D eigenvalue weighted by Crippen LogP contribution is -2.33. The fourth-order valence-electron chi connectivity index (χ4n) is 1.34. The zero-order chi connectivity index (χ0) is 14.8. The molecule has 0 fully saturated rings. The van der Waals surface area contributed by atoms with Gasteiger partial charge in [0.2, 0.25) is 6.79 Å². The van der Waals surface area contributed by atoms with Crippen molar-refractivity contribution in [3.63, 3.8) is 0 Å². The summed E-state index contributed by atoms with van der Waals surface area (Å²) in [7, 11) is -3.64. The monoisotopic (exact) mass is 303 g/mol. The second-order valence-electron chi connectivity index (χ2n) is 3.49. The second-order valence-corrected chi connectivity index (χ2v) is 4.77. The number of nitrogens with one attached hydrogen (secondary N) is 1. The topological polar surface area (TPSA) is 117 Å². The van der Waals surface area contributed by atoms with Gasteiger partial charge in [0.05, 0.1) is 12.7 Å². The highest BCUT2D eigenvalue weighted by Gasteiger charge is 2.23. The SMILES string of the molecule is COC(=O)NS(=O)(=O)OC(=O)c1ccc2c(c1)OCO2. The highest BCUT2D eigenvalue weighted by molar-refractivity contribution is 7.85. The molecule has 1 N–H and O–H groups in total. The van der Waals surface area contributed by atoms with Crippen LogP contribution in [0.15, 0.2) is 18.2 Å². The summed E-state index contributed by atoms with van der Waals surface area (Å²) < 4.78 is 42.3. The number of methoxy groups -OCH3 is 1. The molecule has 0 atom stereocenters. The molecule has 1 aliphatic rings. The highest BCUT2D eigenvalue weighted by atomic mass is 32.2. The summed E-state index contributed by atoms with van der Waals surface area (Å²) >= 11 is 0. The molecule has 2 rings (SSSR count). The van der Waals surface area contributed by atoms with Crippen LogP contribution in [0.3, 0.4) is 0 Å². The van der Waals surface area contributed by atoms with Crippen molar-refractivity contribution in [2.45, 2.75) is 0 Å². The molecule has 1 amide bonds. The molecule has 0 aromatic heterocycles. The minimum absolute atomic E-state index is 0.00995. The van der Waals surface area contributed by atoms with Crippen molar-refractivity contribution in [3.05, 3.63) is 23.8 Å². The van der Waals surface area contributed by atoms with Gasteiger partial charge in [0, 0.05) is 0 Å². The summed E-state index contributed by atoms with van der Waals surface area (Å²) in [5.74, 6) is -0.463. The first-order valence-corrected chi connectivity index (χ1v) is 6.56. The highest BCUT2D eigenvalue weighted by Crippen LogP contribution is 2.32. The molecule has 10 heteroatoms. The van der Waals surface area contributed by atoms with E-state index in [0.29, 0.717) is 5.75 Å². The summed E-state index contributed by atoms with van der Waals surface area (Å²) in [6.45, 7) is 0.00995. The zero-order valence-electron chi connectivity index (χ0n) is 10.1. The van der Waals surface area contributed by atoms with Gasteiger partial charge in [-0.05, 0) is 18.2 Å². The van der Waals surface area contributed by atoms with Gasteiger partial charge in [-0.2, -0.15) is 13.1 Å². The van der Waals surface area contributed by atoms with E-state index >= 15 is 0 Å². The lowest BCUT2D eigenvalue weighted by molar-refractivity contribution is 0.0743. The Morgan fingerprint density at radius 1 is 1.25 bits per heavy atom. The van der Waals surface area contributed by atoms with Crippen LogP contribution in [0.5, 0.6) is 11.5 Å². The minimum Gasteiger partial charge on any atom is -0.454 e. The number of amides is 1. The van der Waals surface area contributed by atoms with Crippen LogP contribution < -0.4 is 14.2 Å². The normalized spacial score (nSPS) is 12.7. The molecule has 20 heavy (non-hydrogen) atoms. The molecule has 0 saturated heterocycles. The average Bonchev–Trinajstić information content (AvgIpc) is 2.84. The van der Waals surface area contributed by atoms with Crippen molar-refractivity contribution < 1.29 is 36.4 Å². The Hall–Kier alpha value is -2.49. The third kappa shape index (κ3) is 3.09. The van der Waals surface area contributed by atoms with Crippen LogP contribution in [0, 0.1) is 0 Å². The van der Waals surface area contributed by atoms with Gasteiger partial charge in [-0.3, -0.25) is 0 Å². The Balaban J connectivity index is 2.10. The average molecular weight is 303 g/mol. The van der Waals surface area contributed by atoms with E-state index in [1.807, 2.05) is 0 Å². The minimum atomic E-state index is -4.60. The van der Waals surface area contributed by atoms with E-state index in [1.54, 1.807) is 0 Å². The predicted octanol–water partition coefficient (Wildman–Crippen LogP) is 0.173. The summed E-state index contributed by atoms with van der Waals surface area (Å²) in [5, 5.41) is 0. The second kappa shape index (κ2) is 5.25. The Morgan fingerprint density at radius 3 is 2.65 bits per heavy atom. The number of ether oxygens (including phenoxy) is 3. The van der Waals surface area contributed by atoms with Crippen LogP contribution in [0.1, 0.15) is 10.4 Å². The molecule has 1 aromatic rings. The zero-order valence-corrected chi connectivity index (χ0v) is 10.9. The molecule has 0 aliphatic carbocycles. The summed E-state index contributed by atoms with van der Waals surface area (Å²) in [6, 6.07) is 3.99. The van der Waals surface area contributed by atoms with E-state index in [4.69, 9.17) is 9.47 Å². The van der Waals surface area contributed by atoms with E-state index in [-0.39, 0.29) is 18.1 Å². The van der Waals surface area contributed by atoms with Crippen LogP contribution in [-0.4, -0.2) is 34.4 Å². The molecule has 9 nitrogen and oxygen atoms in total. The maximum Gasteiger partial charge on any atom is 0.423 e. The van der Waals surface area contributed by atoms with Gasteiger partial charge in [0.1, 0.15) is 0 Å². The van der Waals surface area contributed by atoms with Crippen LogP contribution in [-0.2, 0) is 19.2 Å². The Bertz CT molecular complexity index is 653. The number of benzene rings is 1. The first kappa shape index (κ1) is 13.9. The van der Waals surface area contributed by atoms with Crippen molar-refractivity contribution in [3.8, 4) is 11.5 Å². The standard InChI is InChI=1S/C10H9NO8S/c1-16-10(13)11-20(14,15)19-9(12)6-2-3-7-8(4-6)18-5-17-7/h2-4H,5H2,1H3,(H,11,13). The molecule has 0 saturated carbocycles. The van der Waals surface area contributed by atoms with Gasteiger partial charge in [-0.1, -0.05) is 0 Å². The van der Waals surface area contributed by atoms with Crippen molar-refractivity contribution in [2.75, 3.05) is 13.9 Å². The molecule has 1 aliphatic heterocycles. The lowest BCUT2D eigenvalue weighted by atomic mass is 10.2. The maximum absolute atomic E-state index is 11.6. The van der Waals surface area contributed by atoms with Crippen LogP contribution >= 0.6 is 0 Å².